The highest BCUT2D eigenvalue weighted by molar-refractivity contribution is 5.94. The van der Waals surface area contributed by atoms with E-state index in [1.807, 2.05) is 55.5 Å². The van der Waals surface area contributed by atoms with Gasteiger partial charge in [-0.15, -0.1) is 0 Å². The quantitative estimate of drug-likeness (QED) is 0.701. The highest BCUT2D eigenvalue weighted by atomic mass is 16.5. The van der Waals surface area contributed by atoms with Crippen LogP contribution in [0.4, 0.5) is 5.69 Å². The molecule has 27 heavy (non-hydrogen) atoms. The molecule has 1 aromatic heterocycles. The monoisotopic (exact) mass is 363 g/mol. The normalized spacial score (nSPS) is 14.7. The fraction of sp³-hybridized carbons (Fsp3) is 0.286. The highest BCUT2D eigenvalue weighted by Gasteiger charge is 2.29. The summed E-state index contributed by atoms with van der Waals surface area (Å²) in [6.45, 7) is 1.93. The third-order valence-corrected chi connectivity index (χ3v) is 4.78. The molecule has 1 atom stereocenters. The zero-order valence-electron chi connectivity index (χ0n) is 15.1. The number of nitrogens with zero attached hydrogens (tertiary/aromatic N) is 1. The van der Waals surface area contributed by atoms with E-state index in [0.29, 0.717) is 11.3 Å². The van der Waals surface area contributed by atoms with Crippen molar-refractivity contribution in [1.29, 1.82) is 0 Å². The molecule has 0 saturated heterocycles. The first-order valence-electron chi connectivity index (χ1n) is 9.13. The van der Waals surface area contributed by atoms with Gasteiger partial charge in [0.25, 0.3) is 0 Å². The molecule has 3 aromatic rings. The number of carbonyl (C=O) groups excluding carboxylic acids is 2. The van der Waals surface area contributed by atoms with Crippen LogP contribution in [-0.2, 0) is 16.0 Å². The summed E-state index contributed by atoms with van der Waals surface area (Å²) in [7, 11) is 0. The molecule has 6 nitrogen and oxygen atoms in total. The SMILES string of the molecule is CC(NC(=O)Cc1noc2ccccc12)c1ccc(NC(=O)C2CC2)cc1. The van der Waals surface area contributed by atoms with Gasteiger partial charge in [0.15, 0.2) is 5.58 Å². The lowest BCUT2D eigenvalue weighted by molar-refractivity contribution is -0.121. The second kappa shape index (κ2) is 7.23. The first-order valence-corrected chi connectivity index (χ1v) is 9.13. The van der Waals surface area contributed by atoms with Crippen LogP contribution in [0.5, 0.6) is 0 Å². The Morgan fingerprint density at radius 3 is 2.63 bits per heavy atom. The summed E-state index contributed by atoms with van der Waals surface area (Å²) >= 11 is 0. The van der Waals surface area contributed by atoms with Gasteiger partial charge < -0.3 is 15.2 Å². The van der Waals surface area contributed by atoms with Crippen LogP contribution in [0.15, 0.2) is 53.1 Å². The fourth-order valence-electron chi connectivity index (χ4n) is 3.04. The summed E-state index contributed by atoms with van der Waals surface area (Å²) in [6.07, 6.45) is 2.12. The maximum absolute atomic E-state index is 12.4. The molecule has 1 fully saturated rings. The van der Waals surface area contributed by atoms with Gasteiger partial charge in [-0.25, -0.2) is 0 Å². The topological polar surface area (TPSA) is 84.2 Å². The number of aromatic nitrogens is 1. The molecule has 0 spiro atoms. The van der Waals surface area contributed by atoms with Crippen LogP contribution in [0.2, 0.25) is 0 Å². The van der Waals surface area contributed by atoms with Crippen LogP contribution in [0.3, 0.4) is 0 Å². The van der Waals surface area contributed by atoms with Gasteiger partial charge in [0, 0.05) is 17.0 Å². The number of para-hydroxylation sites is 1. The Bertz CT molecular complexity index is 974. The van der Waals surface area contributed by atoms with Gasteiger partial charge >= 0.3 is 0 Å². The molecule has 0 radical (unpaired) electrons. The smallest absolute Gasteiger partial charge is 0.227 e. The predicted octanol–water partition coefficient (Wildman–Crippen LogP) is 3.60. The largest absolute Gasteiger partial charge is 0.356 e. The van der Waals surface area contributed by atoms with E-state index < -0.39 is 0 Å². The van der Waals surface area contributed by atoms with Crippen molar-refractivity contribution in [2.24, 2.45) is 5.92 Å². The molecule has 6 heteroatoms. The second-order valence-electron chi connectivity index (χ2n) is 6.98. The maximum atomic E-state index is 12.4. The molecule has 0 aliphatic heterocycles. The summed E-state index contributed by atoms with van der Waals surface area (Å²) in [6, 6.07) is 14.9. The van der Waals surface area contributed by atoms with Gasteiger partial charge in [-0.1, -0.05) is 29.4 Å². The van der Waals surface area contributed by atoms with Crippen molar-refractivity contribution in [2.45, 2.75) is 32.2 Å². The van der Waals surface area contributed by atoms with Crippen molar-refractivity contribution in [3.8, 4) is 0 Å². The van der Waals surface area contributed by atoms with Gasteiger partial charge in [-0.2, -0.15) is 0 Å². The minimum Gasteiger partial charge on any atom is -0.356 e. The second-order valence-corrected chi connectivity index (χ2v) is 6.98. The lowest BCUT2D eigenvalue weighted by Crippen LogP contribution is -2.28. The summed E-state index contributed by atoms with van der Waals surface area (Å²) in [5.41, 5.74) is 3.06. The van der Waals surface area contributed by atoms with E-state index in [1.54, 1.807) is 0 Å². The highest BCUT2D eigenvalue weighted by Crippen LogP contribution is 2.30. The molecule has 1 unspecified atom stereocenters. The van der Waals surface area contributed by atoms with Crippen LogP contribution in [0.1, 0.15) is 37.1 Å². The van der Waals surface area contributed by atoms with Gasteiger partial charge in [-0.05, 0) is 49.6 Å². The Morgan fingerprint density at radius 1 is 1.15 bits per heavy atom. The Hall–Kier alpha value is -3.15. The number of benzene rings is 2. The zero-order chi connectivity index (χ0) is 18.8. The van der Waals surface area contributed by atoms with Crippen molar-refractivity contribution >= 4 is 28.5 Å². The Balaban J connectivity index is 1.35. The molecule has 0 bridgehead atoms. The number of hydrogen-bond acceptors (Lipinski definition) is 4. The zero-order valence-corrected chi connectivity index (χ0v) is 15.1. The van der Waals surface area contributed by atoms with E-state index in [4.69, 9.17) is 4.52 Å². The number of amides is 2. The van der Waals surface area contributed by atoms with Gasteiger partial charge in [-0.3, -0.25) is 9.59 Å². The third-order valence-electron chi connectivity index (χ3n) is 4.78. The summed E-state index contributed by atoms with van der Waals surface area (Å²) < 4.78 is 5.24. The van der Waals surface area contributed by atoms with Crippen molar-refractivity contribution in [3.63, 3.8) is 0 Å². The van der Waals surface area contributed by atoms with Crippen molar-refractivity contribution in [2.75, 3.05) is 5.32 Å². The minimum absolute atomic E-state index is 0.0870. The molecule has 2 amide bonds. The van der Waals surface area contributed by atoms with E-state index in [1.165, 1.54) is 0 Å². The van der Waals surface area contributed by atoms with Crippen molar-refractivity contribution in [3.05, 3.63) is 59.8 Å². The van der Waals surface area contributed by atoms with E-state index in [2.05, 4.69) is 15.8 Å². The number of rotatable bonds is 6. The average Bonchev–Trinajstić information content (AvgIpc) is 3.45. The average molecular weight is 363 g/mol. The van der Waals surface area contributed by atoms with E-state index in [-0.39, 0.29) is 30.2 Å². The number of carbonyl (C=O) groups is 2. The molecule has 1 saturated carbocycles. The number of nitrogens with one attached hydrogen (secondary N) is 2. The molecular weight excluding hydrogens is 342 g/mol. The maximum Gasteiger partial charge on any atom is 0.227 e. The standard InChI is InChI=1S/C21H21N3O3/c1-13(14-8-10-16(11-9-14)23-21(26)15-6-7-15)22-20(25)12-18-17-4-2-3-5-19(17)27-24-18/h2-5,8-11,13,15H,6-7,12H2,1H3,(H,22,25)(H,23,26). The molecule has 4 rings (SSSR count). The van der Waals surface area contributed by atoms with Gasteiger partial charge in [0.05, 0.1) is 12.5 Å². The van der Waals surface area contributed by atoms with Crippen molar-refractivity contribution < 1.29 is 14.1 Å². The van der Waals surface area contributed by atoms with Crippen LogP contribution >= 0.6 is 0 Å². The Labute approximate surface area is 156 Å². The molecule has 1 aliphatic rings. The lowest BCUT2D eigenvalue weighted by atomic mass is 10.1. The van der Waals surface area contributed by atoms with Crippen LogP contribution in [0, 0.1) is 5.92 Å². The third kappa shape index (κ3) is 4.00. The molecule has 2 aromatic carbocycles. The van der Waals surface area contributed by atoms with E-state index in [0.717, 1.165) is 29.5 Å². The summed E-state index contributed by atoms with van der Waals surface area (Å²) in [5.74, 6) is 0.145. The summed E-state index contributed by atoms with van der Waals surface area (Å²) in [5, 5.41) is 10.7. The van der Waals surface area contributed by atoms with Crippen LogP contribution < -0.4 is 10.6 Å². The summed E-state index contributed by atoms with van der Waals surface area (Å²) in [4.78, 5) is 24.2. The van der Waals surface area contributed by atoms with Crippen molar-refractivity contribution in [1.82, 2.24) is 10.5 Å². The molecule has 1 heterocycles. The molecule has 138 valence electrons. The Kier molecular flexibility index (Phi) is 4.62. The first-order chi connectivity index (χ1) is 13.1. The van der Waals surface area contributed by atoms with E-state index >= 15 is 0 Å². The van der Waals surface area contributed by atoms with Crippen LogP contribution in [-0.4, -0.2) is 17.0 Å². The minimum atomic E-state index is -0.149. The molecule has 2 N–H and O–H groups in total. The lowest BCUT2D eigenvalue weighted by Gasteiger charge is -2.15. The number of anilines is 1. The first kappa shape index (κ1) is 17.3. The van der Waals surface area contributed by atoms with Gasteiger partial charge in [0.1, 0.15) is 5.69 Å². The molecular formula is C21H21N3O3. The van der Waals surface area contributed by atoms with Gasteiger partial charge in [0.2, 0.25) is 11.8 Å². The Morgan fingerprint density at radius 2 is 1.89 bits per heavy atom. The number of fused-ring (bicyclic) bond motifs is 1. The number of hydrogen-bond donors (Lipinski definition) is 2. The fourth-order valence-corrected chi connectivity index (χ4v) is 3.04. The predicted molar refractivity (Wildman–Crippen MR) is 102 cm³/mol. The van der Waals surface area contributed by atoms with E-state index in [9.17, 15) is 9.59 Å². The van der Waals surface area contributed by atoms with Crippen LogP contribution in [0.25, 0.3) is 11.0 Å². The molecule has 1 aliphatic carbocycles.